The average Bonchev–Trinajstić information content (AvgIpc) is 3.11. The minimum absolute atomic E-state index is 0.210. The molecule has 0 unspecified atom stereocenters. The molecule has 0 bridgehead atoms. The lowest BCUT2D eigenvalue weighted by molar-refractivity contribution is -0.123. The van der Waals surface area contributed by atoms with Crippen LogP contribution in [0.1, 0.15) is 30.4 Å². The Hall–Kier alpha value is -2.92. The third-order valence-corrected chi connectivity index (χ3v) is 6.59. The van der Waals surface area contributed by atoms with E-state index in [2.05, 4.69) is 20.3 Å². The van der Waals surface area contributed by atoms with Gasteiger partial charge in [-0.2, -0.15) is 0 Å². The number of nitrogens with one attached hydrogen (secondary N) is 1. The summed E-state index contributed by atoms with van der Waals surface area (Å²) in [6.45, 7) is 2.98. The van der Waals surface area contributed by atoms with Crippen molar-refractivity contribution in [1.29, 1.82) is 0 Å². The third kappa shape index (κ3) is 2.11. The number of aliphatic hydroxyl groups excluding tert-OH is 1. The summed E-state index contributed by atoms with van der Waals surface area (Å²) >= 11 is 0. The lowest BCUT2D eigenvalue weighted by atomic mass is 10.0. The Labute approximate surface area is 171 Å². The quantitative estimate of drug-likeness (QED) is 0.485. The van der Waals surface area contributed by atoms with Crippen molar-refractivity contribution in [1.82, 2.24) is 19.5 Å². The molecule has 1 saturated carbocycles. The maximum atomic E-state index is 12.5. The highest BCUT2D eigenvalue weighted by Gasteiger charge is 2.92. The highest BCUT2D eigenvalue weighted by Crippen LogP contribution is 2.75. The van der Waals surface area contributed by atoms with Gasteiger partial charge >= 0.3 is 0 Å². The van der Waals surface area contributed by atoms with Crippen LogP contribution in [0.25, 0.3) is 11.2 Å². The molecule has 4 N–H and O–H groups in total. The highest BCUT2D eigenvalue weighted by molar-refractivity contribution is 6.06. The second-order valence-corrected chi connectivity index (χ2v) is 8.18. The summed E-state index contributed by atoms with van der Waals surface area (Å²) in [5.74, 6) is -0.138. The second-order valence-electron chi connectivity index (χ2n) is 8.18. The first-order chi connectivity index (χ1) is 14.3. The van der Waals surface area contributed by atoms with E-state index in [-0.39, 0.29) is 11.7 Å². The van der Waals surface area contributed by atoms with E-state index in [1.54, 1.807) is 38.1 Å². The molecule has 156 valence electrons. The van der Waals surface area contributed by atoms with Gasteiger partial charge in [-0.05, 0) is 12.1 Å². The first kappa shape index (κ1) is 19.1. The normalized spacial score (nSPS) is 31.5. The number of nitrogens with zero attached hydrogens (tertiary/aromatic N) is 4. The number of rotatable bonds is 4. The van der Waals surface area contributed by atoms with Crippen molar-refractivity contribution < 1.29 is 24.9 Å². The molecule has 10 nitrogen and oxygen atoms in total. The SMILES string of the molecule is CC1(C)[C@]2(O)[C@H](n3cnc4c(NC(=O)c5ccccc5)ncnc43)O[C@H](CO)[C@]12O. The molecule has 5 rings (SSSR count). The number of carbonyl (C=O) groups excluding carboxylic acids is 1. The van der Waals surface area contributed by atoms with Crippen LogP contribution in [-0.2, 0) is 4.74 Å². The molecule has 3 aromatic rings. The Kier molecular flexibility index (Phi) is 3.84. The first-order valence-corrected chi connectivity index (χ1v) is 9.52. The van der Waals surface area contributed by atoms with E-state index in [1.807, 2.05) is 6.07 Å². The molecular weight excluding hydrogens is 390 g/mol. The summed E-state index contributed by atoms with van der Waals surface area (Å²) in [7, 11) is 0. The third-order valence-electron chi connectivity index (χ3n) is 6.59. The van der Waals surface area contributed by atoms with Crippen molar-refractivity contribution in [2.45, 2.75) is 37.4 Å². The predicted molar refractivity (Wildman–Crippen MR) is 104 cm³/mol. The molecule has 0 radical (unpaired) electrons. The first-order valence-electron chi connectivity index (χ1n) is 9.52. The number of aromatic nitrogens is 4. The standard InChI is InChI=1S/C20H21N5O5/c1-18(2)19(28)12(8-26)30-17(20(18,19)29)25-10-23-13-14(21-9-22-15(13)25)24-16(27)11-6-4-3-5-7-11/h3-7,9-10,12,17,26,28-29H,8H2,1-2H3,(H,21,22,24,27)/t12-,17-,19+,20-/m1/s1. The molecule has 2 aliphatic rings. The Morgan fingerprint density at radius 2 is 1.90 bits per heavy atom. The fourth-order valence-corrected chi connectivity index (χ4v) is 4.72. The van der Waals surface area contributed by atoms with E-state index in [0.29, 0.717) is 16.7 Å². The summed E-state index contributed by atoms with van der Waals surface area (Å²) in [5, 5.41) is 34.6. The number of amides is 1. The molecule has 1 saturated heterocycles. The predicted octanol–water partition coefficient (Wildman–Crippen LogP) is 0.470. The number of carbonyl (C=O) groups is 1. The van der Waals surface area contributed by atoms with Crippen LogP contribution in [0.4, 0.5) is 5.82 Å². The fourth-order valence-electron chi connectivity index (χ4n) is 4.72. The highest BCUT2D eigenvalue weighted by atomic mass is 16.6. The molecule has 1 aromatic carbocycles. The van der Waals surface area contributed by atoms with Crippen molar-refractivity contribution >= 4 is 22.9 Å². The van der Waals surface area contributed by atoms with Crippen molar-refractivity contribution in [3.05, 3.63) is 48.5 Å². The summed E-state index contributed by atoms with van der Waals surface area (Å²) in [6, 6.07) is 8.69. The fraction of sp³-hybridized carbons (Fsp3) is 0.400. The van der Waals surface area contributed by atoms with Gasteiger partial charge in [0, 0.05) is 11.0 Å². The van der Waals surface area contributed by atoms with Crippen LogP contribution in [0.5, 0.6) is 0 Å². The molecule has 3 heterocycles. The van der Waals surface area contributed by atoms with Gasteiger partial charge in [0.05, 0.1) is 12.9 Å². The Balaban J connectivity index is 1.53. The van der Waals surface area contributed by atoms with Crippen molar-refractivity contribution in [3.8, 4) is 0 Å². The molecule has 0 spiro atoms. The molecule has 4 atom stereocenters. The van der Waals surface area contributed by atoms with Gasteiger partial charge in [0.2, 0.25) is 0 Å². The Bertz CT molecular complexity index is 1150. The molecule has 30 heavy (non-hydrogen) atoms. The molecule has 2 fully saturated rings. The molecular formula is C20H21N5O5. The van der Waals surface area contributed by atoms with Crippen LogP contribution in [0.2, 0.25) is 0 Å². The monoisotopic (exact) mass is 411 g/mol. The van der Waals surface area contributed by atoms with Crippen molar-refractivity contribution in [2.75, 3.05) is 11.9 Å². The van der Waals surface area contributed by atoms with Crippen LogP contribution >= 0.6 is 0 Å². The van der Waals surface area contributed by atoms with E-state index in [4.69, 9.17) is 4.74 Å². The van der Waals surface area contributed by atoms with Gasteiger partial charge < -0.3 is 25.4 Å². The molecule has 10 heteroatoms. The topological polar surface area (TPSA) is 143 Å². The van der Waals surface area contributed by atoms with E-state index >= 15 is 0 Å². The summed E-state index contributed by atoms with van der Waals surface area (Å²) < 4.78 is 7.27. The maximum Gasteiger partial charge on any atom is 0.256 e. The molecule has 2 aromatic heterocycles. The van der Waals surface area contributed by atoms with Gasteiger partial charge in [-0.3, -0.25) is 9.36 Å². The summed E-state index contributed by atoms with van der Waals surface area (Å²) in [6.07, 6.45) is 0.703. The van der Waals surface area contributed by atoms with Crippen molar-refractivity contribution in [3.63, 3.8) is 0 Å². The van der Waals surface area contributed by atoms with E-state index in [0.717, 1.165) is 0 Å². The van der Waals surface area contributed by atoms with Gasteiger partial charge in [0.15, 0.2) is 23.2 Å². The van der Waals surface area contributed by atoms with Gasteiger partial charge in [-0.1, -0.05) is 32.0 Å². The van der Waals surface area contributed by atoms with E-state index in [9.17, 15) is 20.1 Å². The average molecular weight is 411 g/mol. The zero-order chi connectivity index (χ0) is 21.3. The Morgan fingerprint density at radius 1 is 1.17 bits per heavy atom. The molecule has 1 amide bonds. The zero-order valence-corrected chi connectivity index (χ0v) is 16.4. The second kappa shape index (κ2) is 6.05. The van der Waals surface area contributed by atoms with E-state index < -0.39 is 35.6 Å². The smallest absolute Gasteiger partial charge is 0.256 e. The number of fused-ring (bicyclic) bond motifs is 2. The van der Waals surface area contributed by atoms with Crippen LogP contribution in [0.3, 0.4) is 0 Å². The number of imidazole rings is 1. The van der Waals surface area contributed by atoms with E-state index in [1.165, 1.54) is 17.2 Å². The number of benzene rings is 1. The Morgan fingerprint density at radius 3 is 2.57 bits per heavy atom. The number of ether oxygens (including phenoxy) is 1. The van der Waals surface area contributed by atoms with Gasteiger partial charge in [-0.25, -0.2) is 15.0 Å². The largest absolute Gasteiger partial charge is 0.394 e. The van der Waals surface area contributed by atoms with Gasteiger partial charge in [0.25, 0.3) is 5.91 Å². The number of aliphatic hydroxyl groups is 3. The van der Waals surface area contributed by atoms with Crippen LogP contribution in [0, 0.1) is 5.41 Å². The number of hydrogen-bond acceptors (Lipinski definition) is 8. The van der Waals surface area contributed by atoms with Crippen LogP contribution < -0.4 is 5.32 Å². The van der Waals surface area contributed by atoms with Crippen LogP contribution in [0.15, 0.2) is 43.0 Å². The minimum Gasteiger partial charge on any atom is -0.394 e. The lowest BCUT2D eigenvalue weighted by Gasteiger charge is -2.26. The summed E-state index contributed by atoms with van der Waals surface area (Å²) in [5.41, 5.74) is -3.07. The van der Waals surface area contributed by atoms with Crippen LogP contribution in [-0.4, -0.2) is 64.7 Å². The number of hydrogen-bond donors (Lipinski definition) is 4. The molecule has 1 aliphatic heterocycles. The zero-order valence-electron chi connectivity index (χ0n) is 16.4. The number of anilines is 1. The minimum atomic E-state index is -1.64. The maximum absolute atomic E-state index is 12.5. The molecule has 1 aliphatic carbocycles. The lowest BCUT2D eigenvalue weighted by Crippen LogP contribution is -2.36. The van der Waals surface area contributed by atoms with Crippen molar-refractivity contribution in [2.24, 2.45) is 5.41 Å². The van der Waals surface area contributed by atoms with Gasteiger partial charge in [-0.15, -0.1) is 0 Å². The van der Waals surface area contributed by atoms with Gasteiger partial charge in [0.1, 0.15) is 23.6 Å². The summed E-state index contributed by atoms with van der Waals surface area (Å²) in [4.78, 5) is 25.2.